The molecule has 0 atom stereocenters. The van der Waals surface area contributed by atoms with Crippen molar-refractivity contribution < 1.29 is 9.53 Å². The number of ether oxygens (including phenoxy) is 1. The zero-order valence-corrected chi connectivity index (χ0v) is 23.5. The third-order valence-electron chi connectivity index (χ3n) is 5.91. The number of nitrogens with one attached hydrogen (secondary N) is 4. The van der Waals surface area contributed by atoms with Crippen LogP contribution >= 0.6 is 0 Å². The Balaban J connectivity index is 1.98. The molecule has 0 spiro atoms. The van der Waals surface area contributed by atoms with Crippen LogP contribution in [0.2, 0.25) is 0 Å². The number of carbonyl (C=O) groups excluding carboxylic acids is 1. The Hall–Kier alpha value is -4.44. The van der Waals surface area contributed by atoms with Crippen molar-refractivity contribution in [1.29, 1.82) is 5.41 Å². The quantitative estimate of drug-likeness (QED) is 0.183. The smallest absolute Gasteiger partial charge is 0.247 e. The molecule has 0 saturated carbocycles. The molecule has 1 heterocycles. The van der Waals surface area contributed by atoms with Gasteiger partial charge in [-0.15, -0.1) is 0 Å². The van der Waals surface area contributed by atoms with E-state index in [0.717, 1.165) is 41.3 Å². The van der Waals surface area contributed by atoms with Crippen molar-refractivity contribution in [3.05, 3.63) is 60.8 Å². The molecule has 39 heavy (non-hydrogen) atoms. The van der Waals surface area contributed by atoms with Crippen LogP contribution < -0.4 is 25.6 Å². The van der Waals surface area contributed by atoms with Gasteiger partial charge in [0.1, 0.15) is 5.75 Å². The molecule has 3 rings (SSSR count). The topological polar surface area (TPSA) is 118 Å². The Kier molecular flexibility index (Phi) is 9.99. The molecule has 0 aliphatic heterocycles. The van der Waals surface area contributed by atoms with Crippen LogP contribution in [0.3, 0.4) is 0 Å². The van der Waals surface area contributed by atoms with E-state index in [9.17, 15) is 4.79 Å². The number of benzene rings is 2. The molecule has 3 aromatic rings. The van der Waals surface area contributed by atoms with Gasteiger partial charge in [-0.25, -0.2) is 9.97 Å². The molecule has 0 bridgehead atoms. The van der Waals surface area contributed by atoms with Gasteiger partial charge in [0, 0.05) is 61.5 Å². The number of anilines is 5. The summed E-state index contributed by atoms with van der Waals surface area (Å²) in [5.41, 5.74) is 5.28. The molecule has 0 aliphatic carbocycles. The second-order valence-electron chi connectivity index (χ2n) is 9.62. The van der Waals surface area contributed by atoms with Gasteiger partial charge in [0.05, 0.1) is 29.9 Å². The largest absolute Gasteiger partial charge is 0.494 e. The van der Waals surface area contributed by atoms with E-state index in [4.69, 9.17) is 15.1 Å². The predicted octanol–water partition coefficient (Wildman–Crippen LogP) is 4.84. The highest BCUT2D eigenvalue weighted by atomic mass is 16.5. The van der Waals surface area contributed by atoms with Crippen molar-refractivity contribution in [3.8, 4) is 17.0 Å². The number of nitrogens with zero attached hydrogens (tertiary/aromatic N) is 4. The van der Waals surface area contributed by atoms with Crippen molar-refractivity contribution >= 4 is 40.8 Å². The van der Waals surface area contributed by atoms with Gasteiger partial charge >= 0.3 is 0 Å². The average molecular weight is 531 g/mol. The number of hydrogen-bond acceptors (Lipinski definition) is 9. The van der Waals surface area contributed by atoms with Crippen molar-refractivity contribution in [2.45, 2.75) is 19.9 Å². The molecule has 1 aromatic heterocycles. The highest BCUT2D eigenvalue weighted by Crippen LogP contribution is 2.38. The molecule has 0 fully saturated rings. The van der Waals surface area contributed by atoms with Crippen LogP contribution in [-0.4, -0.2) is 74.4 Å². The van der Waals surface area contributed by atoms with Crippen molar-refractivity contribution in [2.24, 2.45) is 0 Å². The number of likely N-dealkylation sites (N-methyl/N-ethyl adjacent to an activating group) is 2. The third kappa shape index (κ3) is 7.78. The highest BCUT2D eigenvalue weighted by Gasteiger charge is 2.17. The number of aromatic nitrogens is 2. The number of amides is 1. The second-order valence-corrected chi connectivity index (χ2v) is 9.62. The lowest BCUT2D eigenvalue weighted by Gasteiger charge is -2.26. The van der Waals surface area contributed by atoms with Gasteiger partial charge in [0.25, 0.3) is 0 Å². The predicted molar refractivity (Wildman–Crippen MR) is 161 cm³/mol. The normalized spacial score (nSPS) is 10.8. The first-order valence-electron chi connectivity index (χ1n) is 12.7. The fourth-order valence-electron chi connectivity index (χ4n) is 3.88. The Morgan fingerprint density at radius 3 is 2.51 bits per heavy atom. The molecule has 1 amide bonds. The minimum absolute atomic E-state index is 0.217. The molecular weight excluding hydrogens is 492 g/mol. The van der Waals surface area contributed by atoms with E-state index in [1.165, 1.54) is 12.3 Å². The van der Waals surface area contributed by atoms with Gasteiger partial charge in [0.2, 0.25) is 11.9 Å². The number of carbonyl (C=O) groups is 1. The van der Waals surface area contributed by atoms with E-state index in [1.54, 1.807) is 19.4 Å². The average Bonchev–Trinajstić information content (AvgIpc) is 2.91. The minimum atomic E-state index is -0.314. The van der Waals surface area contributed by atoms with E-state index >= 15 is 0 Å². The van der Waals surface area contributed by atoms with Crippen molar-refractivity contribution in [1.82, 2.24) is 14.9 Å². The van der Waals surface area contributed by atoms with Crippen LogP contribution in [0.25, 0.3) is 11.3 Å². The van der Waals surface area contributed by atoms with E-state index in [2.05, 4.69) is 51.2 Å². The van der Waals surface area contributed by atoms with Crippen molar-refractivity contribution in [3.63, 3.8) is 0 Å². The summed E-state index contributed by atoms with van der Waals surface area (Å²) in [6.07, 6.45) is 4.25. The van der Waals surface area contributed by atoms with Crippen LogP contribution in [0.5, 0.6) is 5.75 Å². The van der Waals surface area contributed by atoms with Crippen LogP contribution in [0.4, 0.5) is 28.7 Å². The van der Waals surface area contributed by atoms with E-state index in [1.807, 2.05) is 51.5 Å². The molecule has 0 unspecified atom stereocenters. The Morgan fingerprint density at radius 1 is 1.10 bits per heavy atom. The SMILES string of the molecule is C=CC(=O)Nc1cc(Nc2nccc(-c3ccc(C=N)c(NC(C)C)c3)n2)c(OC)cc1N(C)CCN(C)C. The second kappa shape index (κ2) is 13.4. The van der Waals surface area contributed by atoms with Gasteiger partial charge in [-0.1, -0.05) is 18.7 Å². The lowest BCUT2D eigenvalue weighted by atomic mass is 10.1. The van der Waals surface area contributed by atoms with E-state index in [-0.39, 0.29) is 11.9 Å². The summed E-state index contributed by atoms with van der Waals surface area (Å²) in [5, 5.41) is 17.2. The lowest BCUT2D eigenvalue weighted by molar-refractivity contribution is -0.111. The number of rotatable bonds is 13. The zero-order chi connectivity index (χ0) is 28.5. The first-order valence-corrected chi connectivity index (χ1v) is 12.7. The molecule has 0 aliphatic rings. The van der Waals surface area contributed by atoms with Crippen LogP contribution in [0, 0.1) is 5.41 Å². The summed E-state index contributed by atoms with van der Waals surface area (Å²) < 4.78 is 5.70. The first kappa shape index (κ1) is 29.1. The summed E-state index contributed by atoms with van der Waals surface area (Å²) in [5.74, 6) is 0.631. The molecule has 0 saturated heterocycles. The number of methoxy groups -OCH3 is 1. The minimum Gasteiger partial charge on any atom is -0.494 e. The van der Waals surface area contributed by atoms with Crippen LogP contribution in [0.15, 0.2) is 55.3 Å². The zero-order valence-electron chi connectivity index (χ0n) is 23.5. The summed E-state index contributed by atoms with van der Waals surface area (Å²) in [6, 6.07) is 11.5. The van der Waals surface area contributed by atoms with E-state index in [0.29, 0.717) is 23.1 Å². The summed E-state index contributed by atoms with van der Waals surface area (Å²) in [7, 11) is 7.59. The molecule has 4 N–H and O–H groups in total. The summed E-state index contributed by atoms with van der Waals surface area (Å²) >= 11 is 0. The molecule has 206 valence electrons. The fraction of sp³-hybridized carbons (Fsp3) is 0.310. The number of hydrogen-bond donors (Lipinski definition) is 4. The molecule has 0 radical (unpaired) electrons. The standard InChI is InChI=1S/C29H38N8O2/c1-8-28(38)33-24-16-25(27(39-7)17-26(24)37(6)14-13-36(4)5)35-29-31-12-11-22(34-29)20-9-10-21(18-30)23(15-20)32-19(2)3/h8-12,15-19,30,32H,1,13-14H2,2-7H3,(H,33,38)(H,31,34,35). The fourth-order valence-corrected chi connectivity index (χ4v) is 3.88. The third-order valence-corrected chi connectivity index (χ3v) is 5.91. The van der Waals surface area contributed by atoms with Crippen LogP contribution in [0.1, 0.15) is 19.4 Å². The van der Waals surface area contributed by atoms with E-state index < -0.39 is 0 Å². The van der Waals surface area contributed by atoms with Crippen LogP contribution in [-0.2, 0) is 4.79 Å². The monoisotopic (exact) mass is 530 g/mol. The molecular formula is C29H38N8O2. The van der Waals surface area contributed by atoms with Gasteiger partial charge in [0.15, 0.2) is 0 Å². The Morgan fingerprint density at radius 2 is 1.87 bits per heavy atom. The van der Waals surface area contributed by atoms with Gasteiger partial charge < -0.3 is 35.9 Å². The first-order chi connectivity index (χ1) is 18.6. The maximum absolute atomic E-state index is 12.2. The molecule has 10 nitrogen and oxygen atoms in total. The highest BCUT2D eigenvalue weighted by molar-refractivity contribution is 6.02. The molecule has 2 aromatic carbocycles. The maximum Gasteiger partial charge on any atom is 0.247 e. The Labute approximate surface area is 230 Å². The van der Waals surface area contributed by atoms with Gasteiger partial charge in [-0.2, -0.15) is 0 Å². The maximum atomic E-state index is 12.2. The van der Waals surface area contributed by atoms with Gasteiger partial charge in [-0.05, 0) is 52.2 Å². The van der Waals surface area contributed by atoms with Crippen molar-refractivity contribution in [2.75, 3.05) is 62.2 Å². The summed E-state index contributed by atoms with van der Waals surface area (Å²) in [6.45, 7) is 9.26. The lowest BCUT2D eigenvalue weighted by Crippen LogP contribution is -2.29. The molecule has 10 heteroatoms. The summed E-state index contributed by atoms with van der Waals surface area (Å²) in [4.78, 5) is 25.5. The Bertz CT molecular complexity index is 1320. The van der Waals surface area contributed by atoms with Gasteiger partial charge in [-0.3, -0.25) is 4.79 Å².